The Morgan fingerprint density at radius 1 is 1.38 bits per heavy atom. The third-order valence-electron chi connectivity index (χ3n) is 4.68. The van der Waals surface area contributed by atoms with E-state index in [0.717, 1.165) is 56.1 Å². The lowest BCUT2D eigenvalue weighted by atomic mass is 9.95. The Labute approximate surface area is 147 Å². The maximum absolute atomic E-state index is 12.4. The molecule has 0 aromatic carbocycles. The van der Waals surface area contributed by atoms with Gasteiger partial charge in [-0.25, -0.2) is 4.98 Å². The van der Waals surface area contributed by atoms with Crippen molar-refractivity contribution in [2.45, 2.75) is 33.2 Å². The van der Waals surface area contributed by atoms with Crippen LogP contribution in [0.15, 0.2) is 28.2 Å². The zero-order valence-electron chi connectivity index (χ0n) is 14.4. The summed E-state index contributed by atoms with van der Waals surface area (Å²) in [6.45, 7) is 8.39. The lowest BCUT2D eigenvalue weighted by Gasteiger charge is -2.33. The summed E-state index contributed by atoms with van der Waals surface area (Å²) in [6.07, 6.45) is 3.62. The highest BCUT2D eigenvalue weighted by Gasteiger charge is 2.27. The number of hydrogen-bond donors (Lipinski definition) is 0. The summed E-state index contributed by atoms with van der Waals surface area (Å²) in [4.78, 5) is 22.4. The van der Waals surface area contributed by atoms with Gasteiger partial charge in [0.05, 0.1) is 10.6 Å². The van der Waals surface area contributed by atoms with Crippen molar-refractivity contribution < 1.29 is 9.21 Å². The Kier molecular flexibility index (Phi) is 5.68. The monoisotopic (exact) mass is 347 g/mol. The van der Waals surface area contributed by atoms with Crippen LogP contribution in [0.5, 0.6) is 0 Å². The highest BCUT2D eigenvalue weighted by Crippen LogP contribution is 2.25. The van der Waals surface area contributed by atoms with Crippen molar-refractivity contribution in [2.24, 2.45) is 5.92 Å². The van der Waals surface area contributed by atoms with E-state index in [9.17, 15) is 4.79 Å². The first-order chi connectivity index (χ1) is 11.7. The molecule has 0 N–H and O–H groups in total. The fourth-order valence-electron chi connectivity index (χ4n) is 3.25. The van der Waals surface area contributed by atoms with E-state index < -0.39 is 0 Å². The number of rotatable bonds is 6. The summed E-state index contributed by atoms with van der Waals surface area (Å²) in [7, 11) is 0. The molecule has 0 atom stereocenters. The van der Waals surface area contributed by atoms with Gasteiger partial charge in [-0.2, -0.15) is 0 Å². The average Bonchev–Trinajstić information content (AvgIpc) is 3.28. The first-order valence-corrected chi connectivity index (χ1v) is 9.58. The number of oxazole rings is 1. The van der Waals surface area contributed by atoms with Gasteiger partial charge in [-0.1, -0.05) is 6.07 Å². The maximum Gasteiger partial charge on any atom is 0.236 e. The molecule has 2 aromatic rings. The molecule has 0 saturated carbocycles. The Balaban J connectivity index is 1.51. The number of carbonyl (C=O) groups is 1. The van der Waals surface area contributed by atoms with Gasteiger partial charge in [0.15, 0.2) is 0 Å². The topological polar surface area (TPSA) is 49.6 Å². The van der Waals surface area contributed by atoms with Gasteiger partial charge in [0.2, 0.25) is 11.8 Å². The Hall–Kier alpha value is -1.66. The predicted octanol–water partition coefficient (Wildman–Crippen LogP) is 3.48. The number of carbonyl (C=O) groups excluding carboxylic acids is 1. The molecule has 2 aromatic heterocycles. The molecule has 1 aliphatic rings. The first kappa shape index (κ1) is 17.2. The van der Waals surface area contributed by atoms with Crippen LogP contribution in [-0.4, -0.2) is 46.9 Å². The van der Waals surface area contributed by atoms with Gasteiger partial charge in [-0.3, -0.25) is 9.69 Å². The van der Waals surface area contributed by atoms with E-state index in [-0.39, 0.29) is 5.92 Å². The van der Waals surface area contributed by atoms with E-state index in [1.807, 2.05) is 36.3 Å². The number of nitrogens with zero attached hydrogens (tertiary/aromatic N) is 3. The van der Waals surface area contributed by atoms with Crippen LogP contribution in [0.2, 0.25) is 0 Å². The van der Waals surface area contributed by atoms with Crippen molar-refractivity contribution in [3.8, 4) is 10.8 Å². The summed E-state index contributed by atoms with van der Waals surface area (Å²) in [6, 6.07) is 4.02. The molecule has 1 aliphatic heterocycles. The molecule has 1 amide bonds. The molecule has 0 aliphatic carbocycles. The molecule has 1 saturated heterocycles. The Bertz CT molecular complexity index is 641. The second-order valence-electron chi connectivity index (χ2n) is 6.18. The molecule has 6 heteroatoms. The van der Waals surface area contributed by atoms with E-state index in [2.05, 4.69) is 9.88 Å². The molecule has 0 unspecified atom stereocenters. The highest BCUT2D eigenvalue weighted by molar-refractivity contribution is 7.13. The molecule has 0 bridgehead atoms. The van der Waals surface area contributed by atoms with Gasteiger partial charge in [0.25, 0.3) is 0 Å². The third kappa shape index (κ3) is 3.87. The zero-order chi connectivity index (χ0) is 16.9. The largest absolute Gasteiger partial charge is 0.444 e. The van der Waals surface area contributed by atoms with E-state index in [4.69, 9.17) is 4.42 Å². The van der Waals surface area contributed by atoms with E-state index in [1.165, 1.54) is 0 Å². The summed E-state index contributed by atoms with van der Waals surface area (Å²) < 4.78 is 5.58. The minimum absolute atomic E-state index is 0.181. The number of aromatic nitrogens is 1. The number of likely N-dealkylation sites (tertiary alicyclic amines) is 1. The summed E-state index contributed by atoms with van der Waals surface area (Å²) in [5.41, 5.74) is 0.965. The molecule has 3 rings (SSSR count). The Morgan fingerprint density at radius 3 is 2.75 bits per heavy atom. The van der Waals surface area contributed by atoms with E-state index in [1.54, 1.807) is 17.6 Å². The van der Waals surface area contributed by atoms with Crippen LogP contribution in [-0.2, 0) is 11.3 Å². The van der Waals surface area contributed by atoms with Crippen LogP contribution in [0.25, 0.3) is 10.8 Å². The van der Waals surface area contributed by atoms with E-state index in [0.29, 0.717) is 11.8 Å². The van der Waals surface area contributed by atoms with Gasteiger partial charge in [-0.05, 0) is 51.2 Å². The van der Waals surface area contributed by atoms with Crippen molar-refractivity contribution in [1.29, 1.82) is 0 Å². The van der Waals surface area contributed by atoms with Crippen LogP contribution in [0.4, 0.5) is 0 Å². The van der Waals surface area contributed by atoms with Crippen LogP contribution in [0, 0.1) is 5.92 Å². The van der Waals surface area contributed by atoms with Crippen LogP contribution in [0.1, 0.15) is 32.4 Å². The molecule has 0 radical (unpaired) electrons. The van der Waals surface area contributed by atoms with Crippen molar-refractivity contribution in [1.82, 2.24) is 14.8 Å². The lowest BCUT2D eigenvalue weighted by molar-refractivity contribution is -0.136. The number of amides is 1. The van der Waals surface area contributed by atoms with Crippen molar-refractivity contribution >= 4 is 17.2 Å². The van der Waals surface area contributed by atoms with Gasteiger partial charge in [0, 0.05) is 25.6 Å². The molecule has 1 fully saturated rings. The summed E-state index contributed by atoms with van der Waals surface area (Å²) in [5.74, 6) is 1.20. The average molecular weight is 347 g/mol. The van der Waals surface area contributed by atoms with Gasteiger partial charge in [-0.15, -0.1) is 11.3 Å². The maximum atomic E-state index is 12.4. The Morgan fingerprint density at radius 2 is 2.12 bits per heavy atom. The predicted molar refractivity (Wildman–Crippen MR) is 95.7 cm³/mol. The molecule has 3 heterocycles. The van der Waals surface area contributed by atoms with Crippen LogP contribution >= 0.6 is 11.3 Å². The molecule has 24 heavy (non-hydrogen) atoms. The van der Waals surface area contributed by atoms with Gasteiger partial charge < -0.3 is 9.32 Å². The summed E-state index contributed by atoms with van der Waals surface area (Å²) in [5, 5.41) is 2.02. The number of thiophene rings is 1. The molecule has 130 valence electrons. The first-order valence-electron chi connectivity index (χ1n) is 8.70. The van der Waals surface area contributed by atoms with E-state index >= 15 is 0 Å². The fourth-order valence-corrected chi connectivity index (χ4v) is 3.91. The third-order valence-corrected chi connectivity index (χ3v) is 5.54. The minimum Gasteiger partial charge on any atom is -0.444 e. The standard InChI is InChI=1S/C18H25N3O2S/c1-3-21(4-2)18(22)14-7-9-20(10-8-14)12-15-13-23-17(19-15)16-6-5-11-24-16/h5-6,11,13-14H,3-4,7-10,12H2,1-2H3. The molecule has 5 nitrogen and oxygen atoms in total. The second kappa shape index (κ2) is 7.94. The van der Waals surface area contributed by atoms with Crippen LogP contribution < -0.4 is 0 Å². The lowest BCUT2D eigenvalue weighted by Crippen LogP contribution is -2.42. The normalized spacial score (nSPS) is 16.4. The summed E-state index contributed by atoms with van der Waals surface area (Å²) >= 11 is 1.63. The zero-order valence-corrected chi connectivity index (χ0v) is 15.2. The van der Waals surface area contributed by atoms with Gasteiger partial charge in [0.1, 0.15) is 6.26 Å². The fraction of sp³-hybridized carbons (Fsp3) is 0.556. The van der Waals surface area contributed by atoms with Gasteiger partial charge >= 0.3 is 0 Å². The quantitative estimate of drug-likeness (QED) is 0.803. The highest BCUT2D eigenvalue weighted by atomic mass is 32.1. The number of hydrogen-bond acceptors (Lipinski definition) is 5. The SMILES string of the molecule is CCN(CC)C(=O)C1CCN(Cc2coc(-c3cccs3)n2)CC1. The van der Waals surface area contributed by atoms with Crippen molar-refractivity contribution in [2.75, 3.05) is 26.2 Å². The van der Waals surface area contributed by atoms with Crippen molar-refractivity contribution in [3.05, 3.63) is 29.5 Å². The molecular weight excluding hydrogens is 322 g/mol. The molecular formula is C18H25N3O2S. The van der Waals surface area contributed by atoms with Crippen molar-refractivity contribution in [3.63, 3.8) is 0 Å². The minimum atomic E-state index is 0.181. The van der Waals surface area contributed by atoms with Crippen LogP contribution in [0.3, 0.4) is 0 Å². The second-order valence-corrected chi connectivity index (χ2v) is 7.13. The number of piperidine rings is 1. The molecule has 0 spiro atoms. The smallest absolute Gasteiger partial charge is 0.236 e.